The summed E-state index contributed by atoms with van der Waals surface area (Å²) in [6.07, 6.45) is -1.14. The van der Waals surface area contributed by atoms with Crippen molar-refractivity contribution in [1.29, 1.82) is 0 Å². The molecule has 8 nitrogen and oxygen atoms in total. The van der Waals surface area contributed by atoms with E-state index in [1.165, 1.54) is 0 Å². The third kappa shape index (κ3) is 5.05. The van der Waals surface area contributed by atoms with E-state index in [1.807, 2.05) is 36.4 Å². The predicted molar refractivity (Wildman–Crippen MR) is 111 cm³/mol. The van der Waals surface area contributed by atoms with Crippen LogP contribution in [-0.4, -0.2) is 47.9 Å². The molecule has 0 radical (unpaired) electrons. The van der Waals surface area contributed by atoms with Crippen LogP contribution in [0.5, 0.6) is 0 Å². The average Bonchev–Trinajstić information content (AvgIpc) is 3.42. The Morgan fingerprint density at radius 1 is 1.12 bits per heavy atom. The number of nitrogens with one attached hydrogen (secondary N) is 2. The van der Waals surface area contributed by atoms with Gasteiger partial charge in [0.2, 0.25) is 5.82 Å². The molecule has 1 aliphatic rings. The van der Waals surface area contributed by atoms with Crippen LogP contribution in [0.15, 0.2) is 42.6 Å². The number of tetrazole rings is 1. The van der Waals surface area contributed by atoms with E-state index >= 15 is 0 Å². The average molecular weight is 445 g/mol. The molecule has 1 atom stereocenters. The van der Waals surface area contributed by atoms with Crippen LogP contribution < -0.4 is 5.32 Å². The summed E-state index contributed by atoms with van der Waals surface area (Å²) in [5, 5.41) is 32.3. The fourth-order valence-corrected chi connectivity index (χ4v) is 3.59. The summed E-state index contributed by atoms with van der Waals surface area (Å²) in [5.41, 5.74) is 4.21. The number of nitrogens with zero attached hydrogens (tertiary/aromatic N) is 5. The van der Waals surface area contributed by atoms with Crippen LogP contribution in [0.1, 0.15) is 41.9 Å². The summed E-state index contributed by atoms with van der Waals surface area (Å²) in [6, 6.07) is 9.35. The van der Waals surface area contributed by atoms with Crippen molar-refractivity contribution in [2.75, 3.05) is 0 Å². The van der Waals surface area contributed by atoms with Crippen molar-refractivity contribution in [3.8, 4) is 0 Å². The molecule has 0 spiro atoms. The van der Waals surface area contributed by atoms with Gasteiger partial charge >= 0.3 is 6.18 Å². The molecule has 11 heteroatoms. The van der Waals surface area contributed by atoms with E-state index in [4.69, 9.17) is 0 Å². The molecule has 0 saturated heterocycles. The first-order valence-corrected chi connectivity index (χ1v) is 10.1. The molecule has 3 N–H and O–H groups in total. The minimum Gasteiger partial charge on any atom is -0.369 e. The lowest BCUT2D eigenvalue weighted by molar-refractivity contribution is -0.135. The number of aliphatic hydroxyl groups is 1. The SMILES string of the molecule is Cn1ccc(C2=C(c3nn[nH]n3)C(O)NC(c3ccc(CCCCC(F)(F)F)cc3)=C2)n1. The molecule has 1 unspecified atom stereocenters. The number of H-pyrrole nitrogens is 1. The number of aryl methyl sites for hydroxylation is 2. The summed E-state index contributed by atoms with van der Waals surface area (Å²) in [6.45, 7) is 0. The molecule has 32 heavy (non-hydrogen) atoms. The van der Waals surface area contributed by atoms with E-state index in [9.17, 15) is 18.3 Å². The summed E-state index contributed by atoms with van der Waals surface area (Å²) in [7, 11) is 1.80. The van der Waals surface area contributed by atoms with Crippen molar-refractivity contribution in [2.45, 2.75) is 38.1 Å². The van der Waals surface area contributed by atoms with Crippen LogP contribution in [0.3, 0.4) is 0 Å². The van der Waals surface area contributed by atoms with Crippen molar-refractivity contribution < 1.29 is 18.3 Å². The number of unbranched alkanes of at least 4 members (excludes halogenated alkanes) is 1. The molecule has 168 valence electrons. The maximum absolute atomic E-state index is 12.3. The number of aromatic nitrogens is 6. The summed E-state index contributed by atoms with van der Waals surface area (Å²) < 4.78 is 38.5. The standard InChI is InChI=1S/C21H22F3N7O/c1-31-11-9-16(28-31)15-12-17(25-20(32)18(15)19-26-29-30-27-19)14-7-5-13(6-8-14)4-2-3-10-21(22,23)24/h5-9,11-12,20,25,32H,2-4,10H2,1H3,(H,26,27,29,30). The number of allylic oxidation sites excluding steroid dienone is 2. The smallest absolute Gasteiger partial charge is 0.369 e. The first-order valence-electron chi connectivity index (χ1n) is 10.1. The molecule has 3 heterocycles. The maximum atomic E-state index is 12.3. The Balaban J connectivity index is 1.57. The Morgan fingerprint density at radius 2 is 1.91 bits per heavy atom. The van der Waals surface area contributed by atoms with Gasteiger partial charge in [0.05, 0.1) is 11.3 Å². The quantitative estimate of drug-likeness (QED) is 0.483. The van der Waals surface area contributed by atoms with Crippen LogP contribution in [-0.2, 0) is 13.5 Å². The van der Waals surface area contributed by atoms with Gasteiger partial charge < -0.3 is 10.4 Å². The molecule has 2 aromatic heterocycles. The third-order valence-electron chi connectivity index (χ3n) is 5.16. The molecule has 0 saturated carbocycles. The lowest BCUT2D eigenvalue weighted by atomic mass is 9.95. The zero-order chi connectivity index (χ0) is 22.7. The van der Waals surface area contributed by atoms with Crippen molar-refractivity contribution in [1.82, 2.24) is 35.7 Å². The highest BCUT2D eigenvalue weighted by molar-refractivity contribution is 6.00. The Hall–Kier alpha value is -3.47. The van der Waals surface area contributed by atoms with Gasteiger partial charge in [-0.1, -0.05) is 24.3 Å². The van der Waals surface area contributed by atoms with E-state index < -0.39 is 18.8 Å². The van der Waals surface area contributed by atoms with Gasteiger partial charge in [-0.25, -0.2) is 0 Å². The Bertz CT molecular complexity index is 1120. The van der Waals surface area contributed by atoms with Crippen molar-refractivity contribution in [3.05, 3.63) is 65.2 Å². The molecule has 0 amide bonds. The van der Waals surface area contributed by atoms with Crippen LogP contribution in [0, 0.1) is 0 Å². The highest BCUT2D eigenvalue weighted by Gasteiger charge is 2.28. The van der Waals surface area contributed by atoms with E-state index in [0.29, 0.717) is 35.4 Å². The third-order valence-corrected chi connectivity index (χ3v) is 5.16. The molecule has 3 aromatic rings. The monoisotopic (exact) mass is 445 g/mol. The molecule has 1 aliphatic heterocycles. The summed E-state index contributed by atoms with van der Waals surface area (Å²) in [5.74, 6) is 0.259. The minimum absolute atomic E-state index is 0.112. The zero-order valence-electron chi connectivity index (χ0n) is 17.3. The van der Waals surface area contributed by atoms with Crippen molar-refractivity contribution in [3.63, 3.8) is 0 Å². The number of benzene rings is 1. The number of aromatic amines is 1. The molecule has 0 bridgehead atoms. The lowest BCUT2D eigenvalue weighted by Gasteiger charge is -2.25. The fourth-order valence-electron chi connectivity index (χ4n) is 3.59. The normalized spacial score (nSPS) is 16.8. The van der Waals surface area contributed by atoms with Crippen LogP contribution in [0.25, 0.3) is 16.8 Å². The molecule has 0 aliphatic carbocycles. The molecule has 0 fully saturated rings. The Kier molecular flexibility index (Phi) is 6.08. The largest absolute Gasteiger partial charge is 0.389 e. The van der Waals surface area contributed by atoms with E-state index in [0.717, 1.165) is 11.1 Å². The van der Waals surface area contributed by atoms with E-state index in [-0.39, 0.29) is 12.2 Å². The Morgan fingerprint density at radius 3 is 2.53 bits per heavy atom. The molecular weight excluding hydrogens is 423 g/mol. The van der Waals surface area contributed by atoms with Gasteiger partial charge in [-0.2, -0.15) is 23.5 Å². The highest BCUT2D eigenvalue weighted by Crippen LogP contribution is 2.33. The van der Waals surface area contributed by atoms with E-state index in [2.05, 4.69) is 31.0 Å². The number of alkyl halides is 3. The predicted octanol–water partition coefficient (Wildman–Crippen LogP) is 3.08. The molecular formula is C21H22F3N7O. The lowest BCUT2D eigenvalue weighted by Crippen LogP contribution is -2.32. The maximum Gasteiger partial charge on any atom is 0.389 e. The van der Waals surface area contributed by atoms with Gasteiger partial charge in [0.1, 0.15) is 0 Å². The number of halogens is 3. The van der Waals surface area contributed by atoms with Gasteiger partial charge in [0.25, 0.3) is 0 Å². The van der Waals surface area contributed by atoms with Gasteiger partial charge in [0.15, 0.2) is 6.23 Å². The van der Waals surface area contributed by atoms with Crippen LogP contribution in [0.2, 0.25) is 0 Å². The van der Waals surface area contributed by atoms with Crippen molar-refractivity contribution in [2.24, 2.45) is 7.05 Å². The van der Waals surface area contributed by atoms with Crippen LogP contribution >= 0.6 is 0 Å². The number of hydrogen-bond acceptors (Lipinski definition) is 6. The molecule has 1 aromatic carbocycles. The Labute approximate surface area is 181 Å². The number of rotatable bonds is 7. The minimum atomic E-state index is -4.11. The number of dihydropyridines is 1. The van der Waals surface area contributed by atoms with Crippen LogP contribution in [0.4, 0.5) is 13.2 Å². The summed E-state index contributed by atoms with van der Waals surface area (Å²) in [4.78, 5) is 0. The molecule has 4 rings (SSSR count). The second kappa shape index (κ2) is 8.95. The van der Waals surface area contributed by atoms with Gasteiger partial charge in [-0.3, -0.25) is 4.68 Å². The zero-order valence-corrected chi connectivity index (χ0v) is 17.3. The number of aliphatic hydroxyl groups excluding tert-OH is 1. The fraction of sp³-hybridized carbons (Fsp3) is 0.333. The topological polar surface area (TPSA) is 105 Å². The first kappa shape index (κ1) is 21.8. The van der Waals surface area contributed by atoms with Crippen molar-refractivity contribution >= 4 is 16.8 Å². The van der Waals surface area contributed by atoms with Gasteiger partial charge in [0, 0.05) is 30.9 Å². The second-order valence-corrected chi connectivity index (χ2v) is 7.56. The van der Waals surface area contributed by atoms with Gasteiger partial charge in [-0.15, -0.1) is 10.2 Å². The highest BCUT2D eigenvalue weighted by atomic mass is 19.4. The van der Waals surface area contributed by atoms with Gasteiger partial charge in [-0.05, 0) is 47.7 Å². The first-order chi connectivity index (χ1) is 15.3. The summed E-state index contributed by atoms with van der Waals surface area (Å²) >= 11 is 0. The second-order valence-electron chi connectivity index (χ2n) is 7.56. The number of hydrogen-bond donors (Lipinski definition) is 3. The van der Waals surface area contributed by atoms with E-state index in [1.54, 1.807) is 17.9 Å².